The number of benzene rings is 1. The second-order valence-electron chi connectivity index (χ2n) is 7.64. The van der Waals surface area contributed by atoms with E-state index in [4.69, 9.17) is 0 Å². The van der Waals surface area contributed by atoms with Crippen molar-refractivity contribution in [2.75, 3.05) is 0 Å². The third-order valence-electron chi connectivity index (χ3n) is 4.09. The van der Waals surface area contributed by atoms with Crippen LogP contribution >= 0.6 is 11.5 Å². The molecule has 0 spiro atoms. The molecule has 0 unspecified atom stereocenters. The molecule has 0 fully saturated rings. The molecule has 1 atom stereocenters. The molecule has 2 aromatic heterocycles. The van der Waals surface area contributed by atoms with Gasteiger partial charge in [-0.25, -0.2) is 0 Å². The van der Waals surface area contributed by atoms with E-state index in [1.54, 1.807) is 23.8 Å². The first-order valence-corrected chi connectivity index (χ1v) is 10.0. The predicted octanol–water partition coefficient (Wildman–Crippen LogP) is 3.23. The fourth-order valence-corrected chi connectivity index (χ4v) is 3.35. The van der Waals surface area contributed by atoms with E-state index in [1.165, 1.54) is 4.90 Å². The SMILES string of the molecule is CC(C)(C)NC(=O)[C@H](c1ccccc1)N(Cc1cccnc1)C(=O)c1csnn1. The third kappa shape index (κ3) is 5.45. The van der Waals surface area contributed by atoms with Crippen molar-refractivity contribution in [3.8, 4) is 0 Å². The number of hydrogen-bond donors (Lipinski definition) is 1. The molecule has 0 aliphatic heterocycles. The maximum atomic E-state index is 13.3. The summed E-state index contributed by atoms with van der Waals surface area (Å²) < 4.78 is 3.80. The summed E-state index contributed by atoms with van der Waals surface area (Å²) in [6.45, 7) is 5.93. The lowest BCUT2D eigenvalue weighted by molar-refractivity contribution is -0.127. The van der Waals surface area contributed by atoms with E-state index in [-0.39, 0.29) is 24.1 Å². The van der Waals surface area contributed by atoms with Gasteiger partial charge in [-0.05, 0) is 49.5 Å². The summed E-state index contributed by atoms with van der Waals surface area (Å²) in [5.74, 6) is -0.621. The average Bonchev–Trinajstić information content (AvgIpc) is 3.22. The molecule has 1 aromatic carbocycles. The molecule has 0 aliphatic rings. The van der Waals surface area contributed by atoms with Gasteiger partial charge in [0.2, 0.25) is 5.91 Å². The van der Waals surface area contributed by atoms with E-state index in [9.17, 15) is 9.59 Å². The van der Waals surface area contributed by atoms with Crippen molar-refractivity contribution in [3.63, 3.8) is 0 Å². The number of aromatic nitrogens is 3. The highest BCUT2D eigenvalue weighted by atomic mass is 32.1. The van der Waals surface area contributed by atoms with Crippen LogP contribution in [0.3, 0.4) is 0 Å². The van der Waals surface area contributed by atoms with Crippen LogP contribution in [0.5, 0.6) is 0 Å². The van der Waals surface area contributed by atoms with Gasteiger partial charge in [0.05, 0.1) is 0 Å². The molecule has 150 valence electrons. The van der Waals surface area contributed by atoms with E-state index < -0.39 is 11.6 Å². The quantitative estimate of drug-likeness (QED) is 0.675. The smallest absolute Gasteiger partial charge is 0.276 e. The first-order valence-electron chi connectivity index (χ1n) is 9.19. The number of hydrogen-bond acceptors (Lipinski definition) is 6. The summed E-state index contributed by atoms with van der Waals surface area (Å²) in [5.41, 5.74) is 1.29. The first kappa shape index (κ1) is 20.6. The van der Waals surface area contributed by atoms with Crippen LogP contribution in [0.15, 0.2) is 60.2 Å². The van der Waals surface area contributed by atoms with Crippen molar-refractivity contribution < 1.29 is 9.59 Å². The lowest BCUT2D eigenvalue weighted by atomic mass is 10.0. The van der Waals surface area contributed by atoms with E-state index >= 15 is 0 Å². The van der Waals surface area contributed by atoms with Gasteiger partial charge in [0, 0.05) is 29.9 Å². The van der Waals surface area contributed by atoms with E-state index in [0.717, 1.165) is 22.7 Å². The third-order valence-corrected chi connectivity index (χ3v) is 4.59. The minimum absolute atomic E-state index is 0.210. The van der Waals surface area contributed by atoms with Gasteiger partial charge in [-0.2, -0.15) is 0 Å². The second kappa shape index (κ2) is 8.91. The van der Waals surface area contributed by atoms with Crippen molar-refractivity contribution in [3.05, 3.63) is 77.1 Å². The molecule has 8 heteroatoms. The summed E-state index contributed by atoms with van der Waals surface area (Å²) in [7, 11) is 0. The molecule has 0 saturated carbocycles. The van der Waals surface area contributed by atoms with Gasteiger partial charge >= 0.3 is 0 Å². The van der Waals surface area contributed by atoms with Crippen molar-refractivity contribution in [2.24, 2.45) is 0 Å². The van der Waals surface area contributed by atoms with Gasteiger partial charge in [0.1, 0.15) is 6.04 Å². The molecule has 2 heterocycles. The highest BCUT2D eigenvalue weighted by molar-refractivity contribution is 7.03. The van der Waals surface area contributed by atoms with Gasteiger partial charge in [-0.15, -0.1) is 5.10 Å². The number of nitrogens with zero attached hydrogens (tertiary/aromatic N) is 4. The maximum absolute atomic E-state index is 13.3. The number of nitrogens with one attached hydrogen (secondary N) is 1. The fourth-order valence-electron chi connectivity index (χ4n) is 2.92. The van der Waals surface area contributed by atoms with Crippen LogP contribution in [-0.4, -0.2) is 36.8 Å². The zero-order valence-corrected chi connectivity index (χ0v) is 17.4. The Morgan fingerprint density at radius 1 is 1.14 bits per heavy atom. The van der Waals surface area contributed by atoms with E-state index in [0.29, 0.717) is 0 Å². The minimum Gasteiger partial charge on any atom is -0.349 e. The predicted molar refractivity (Wildman–Crippen MR) is 111 cm³/mol. The fraction of sp³-hybridized carbons (Fsp3) is 0.286. The molecule has 3 rings (SSSR count). The van der Waals surface area contributed by atoms with Gasteiger partial charge < -0.3 is 10.2 Å². The second-order valence-corrected chi connectivity index (χ2v) is 8.25. The molecule has 3 aromatic rings. The largest absolute Gasteiger partial charge is 0.349 e. The Kier molecular flexibility index (Phi) is 6.33. The molecule has 0 aliphatic carbocycles. The summed E-state index contributed by atoms with van der Waals surface area (Å²) in [6, 6.07) is 12.1. The van der Waals surface area contributed by atoms with Crippen LogP contribution in [0.4, 0.5) is 0 Å². The Labute approximate surface area is 174 Å². The zero-order valence-electron chi connectivity index (χ0n) is 16.6. The molecule has 1 N–H and O–H groups in total. The molecule has 0 saturated heterocycles. The molecule has 0 radical (unpaired) electrons. The Morgan fingerprint density at radius 2 is 1.90 bits per heavy atom. The lowest BCUT2D eigenvalue weighted by Gasteiger charge is -2.33. The molecular formula is C21H23N5O2S. The van der Waals surface area contributed by atoms with Crippen LogP contribution in [0.25, 0.3) is 0 Å². The Morgan fingerprint density at radius 3 is 2.48 bits per heavy atom. The molecule has 29 heavy (non-hydrogen) atoms. The van der Waals surface area contributed by atoms with Crippen LogP contribution in [-0.2, 0) is 11.3 Å². The van der Waals surface area contributed by atoms with Crippen LogP contribution in [0, 0.1) is 0 Å². The van der Waals surface area contributed by atoms with E-state index in [2.05, 4.69) is 19.9 Å². The number of rotatable bonds is 6. The Hall–Kier alpha value is -3.13. The lowest BCUT2D eigenvalue weighted by Crippen LogP contribution is -2.49. The number of carbonyl (C=O) groups is 2. The van der Waals surface area contributed by atoms with Gasteiger partial charge in [-0.1, -0.05) is 40.9 Å². The van der Waals surface area contributed by atoms with Crippen molar-refractivity contribution in [2.45, 2.75) is 38.9 Å². The van der Waals surface area contributed by atoms with Crippen LogP contribution < -0.4 is 5.32 Å². The van der Waals surface area contributed by atoms with Gasteiger partial charge in [0.25, 0.3) is 5.91 Å². The van der Waals surface area contributed by atoms with Gasteiger partial charge in [-0.3, -0.25) is 14.6 Å². The Balaban J connectivity index is 2.05. The van der Waals surface area contributed by atoms with Crippen molar-refractivity contribution in [1.29, 1.82) is 0 Å². The normalized spacial score (nSPS) is 12.2. The molecule has 0 bridgehead atoms. The minimum atomic E-state index is -0.829. The summed E-state index contributed by atoms with van der Waals surface area (Å²) in [6.07, 6.45) is 3.35. The number of pyridine rings is 1. The van der Waals surface area contributed by atoms with Crippen molar-refractivity contribution >= 4 is 23.3 Å². The summed E-state index contributed by atoms with van der Waals surface area (Å²) in [5, 5.41) is 8.51. The average molecular weight is 410 g/mol. The monoisotopic (exact) mass is 409 g/mol. The van der Waals surface area contributed by atoms with Crippen molar-refractivity contribution in [1.82, 2.24) is 24.8 Å². The molecule has 2 amide bonds. The number of amides is 2. The highest BCUT2D eigenvalue weighted by Gasteiger charge is 2.34. The topological polar surface area (TPSA) is 88.1 Å². The standard InChI is InChI=1S/C21H23N5O2S/c1-21(2,3)23-19(27)18(16-9-5-4-6-10-16)26(13-15-8-7-11-22-12-15)20(28)17-14-29-25-24-17/h4-12,14,18H,13H2,1-3H3,(H,23,27)/t18-/m0/s1. The van der Waals surface area contributed by atoms with Crippen LogP contribution in [0.2, 0.25) is 0 Å². The Bertz CT molecular complexity index is 940. The van der Waals surface area contributed by atoms with E-state index in [1.807, 2.05) is 57.2 Å². The van der Waals surface area contributed by atoms with Crippen LogP contribution in [0.1, 0.15) is 48.4 Å². The maximum Gasteiger partial charge on any atom is 0.276 e. The summed E-state index contributed by atoms with van der Waals surface area (Å²) >= 11 is 1.10. The van der Waals surface area contributed by atoms with Gasteiger partial charge in [0.15, 0.2) is 5.69 Å². The highest BCUT2D eigenvalue weighted by Crippen LogP contribution is 2.26. The number of carbonyl (C=O) groups excluding carboxylic acids is 2. The first-order chi connectivity index (χ1) is 13.8. The molecular weight excluding hydrogens is 386 g/mol. The summed E-state index contributed by atoms with van der Waals surface area (Å²) in [4.78, 5) is 32.3. The zero-order chi connectivity index (χ0) is 20.9. The molecule has 7 nitrogen and oxygen atoms in total.